The highest BCUT2D eigenvalue weighted by molar-refractivity contribution is 7.47. The summed E-state index contributed by atoms with van der Waals surface area (Å²) in [6.45, 7) is 14.1. The number of ether oxygens (including phenoxy) is 4. The topological polar surface area (TPSA) is 237 Å². The summed E-state index contributed by atoms with van der Waals surface area (Å²) < 4.78 is 68.3. The minimum Gasteiger partial charge on any atom is -0.462 e. The summed E-state index contributed by atoms with van der Waals surface area (Å²) >= 11 is 0. The summed E-state index contributed by atoms with van der Waals surface area (Å²) in [7, 11) is -9.90. The van der Waals surface area contributed by atoms with E-state index in [-0.39, 0.29) is 25.7 Å². The fourth-order valence-electron chi connectivity index (χ4n) is 10.6. The van der Waals surface area contributed by atoms with Gasteiger partial charge in [-0.25, -0.2) is 9.13 Å². The zero-order valence-electron chi connectivity index (χ0n) is 58.8. The molecule has 0 aliphatic carbocycles. The minimum atomic E-state index is -4.95. The van der Waals surface area contributed by atoms with Crippen LogP contribution in [0.15, 0.2) is 0 Å². The lowest BCUT2D eigenvalue weighted by molar-refractivity contribution is -0.161. The average Bonchev–Trinajstić information content (AvgIpc) is 3.72. The van der Waals surface area contributed by atoms with Crippen molar-refractivity contribution in [2.24, 2.45) is 23.7 Å². The van der Waals surface area contributed by atoms with Crippen molar-refractivity contribution in [1.29, 1.82) is 0 Å². The van der Waals surface area contributed by atoms with E-state index in [1.165, 1.54) is 154 Å². The number of carbonyl (C=O) groups is 4. The van der Waals surface area contributed by atoms with E-state index in [4.69, 9.17) is 37.0 Å². The smallest absolute Gasteiger partial charge is 0.462 e. The third kappa shape index (κ3) is 62.2. The summed E-state index contributed by atoms with van der Waals surface area (Å²) in [5, 5.41) is 10.6. The van der Waals surface area contributed by atoms with Crippen molar-refractivity contribution in [1.82, 2.24) is 0 Å². The van der Waals surface area contributed by atoms with Gasteiger partial charge in [-0.1, -0.05) is 299 Å². The van der Waals surface area contributed by atoms with Gasteiger partial charge in [-0.3, -0.25) is 37.3 Å². The highest BCUT2D eigenvalue weighted by Crippen LogP contribution is 2.45. The lowest BCUT2D eigenvalue weighted by atomic mass is 9.99. The molecule has 0 bridgehead atoms. The lowest BCUT2D eigenvalue weighted by Crippen LogP contribution is -2.30. The van der Waals surface area contributed by atoms with Gasteiger partial charge in [0.15, 0.2) is 12.2 Å². The third-order valence-corrected chi connectivity index (χ3v) is 18.9. The van der Waals surface area contributed by atoms with Gasteiger partial charge >= 0.3 is 39.5 Å². The van der Waals surface area contributed by atoms with Gasteiger partial charge < -0.3 is 33.8 Å². The Morgan fingerprint density at radius 2 is 0.533 bits per heavy atom. The van der Waals surface area contributed by atoms with Crippen LogP contribution in [0.2, 0.25) is 0 Å². The van der Waals surface area contributed by atoms with Crippen LogP contribution in [-0.4, -0.2) is 96.7 Å². The van der Waals surface area contributed by atoms with Gasteiger partial charge in [0, 0.05) is 25.7 Å². The second-order valence-electron chi connectivity index (χ2n) is 27.1. The van der Waals surface area contributed by atoms with Gasteiger partial charge in [-0.05, 0) is 49.4 Å². The normalized spacial score (nSPS) is 14.9. The largest absolute Gasteiger partial charge is 0.472 e. The molecule has 0 amide bonds. The molecule has 0 aromatic heterocycles. The molecular weight excluding hydrogens is 1190 g/mol. The highest BCUT2D eigenvalue weighted by Gasteiger charge is 2.30. The Labute approximate surface area is 549 Å². The van der Waals surface area contributed by atoms with Gasteiger partial charge in [0.1, 0.15) is 19.3 Å². The van der Waals surface area contributed by atoms with Crippen molar-refractivity contribution in [3.63, 3.8) is 0 Å². The number of phosphoric acid groups is 2. The Morgan fingerprint density at radius 3 is 0.789 bits per heavy atom. The molecule has 534 valence electrons. The molecule has 0 saturated carbocycles. The molecule has 0 aromatic carbocycles. The Balaban J connectivity index is 5.26. The Morgan fingerprint density at radius 1 is 0.311 bits per heavy atom. The number of esters is 4. The Kier molecular flexibility index (Phi) is 59.4. The summed E-state index contributed by atoms with van der Waals surface area (Å²) in [5.74, 6) is 0.902. The standard InChI is InChI=1S/C71H138O17P2/c1-9-63(7)49-41-33-25-18-15-16-19-26-35-43-51-68(73)81-57-66(87-70(75)53-45-37-28-20-14-12-11-13-17-23-31-39-47-61(3)4)59-85-89(77,78)83-55-65(72)56-84-90(79,80)86-60-67(88-71(76)54-46-38-30-29-34-42-50-64(8)10-2)58-82-69(74)52-44-36-27-22-21-24-32-40-48-62(5)6/h61-67,72H,9-60H2,1-8H3,(H,77,78)(H,79,80)/t63?,64?,65?,66-,67-/m1/s1. The first-order valence-electron chi connectivity index (χ1n) is 36.8. The predicted octanol–water partition coefficient (Wildman–Crippen LogP) is 20.1. The highest BCUT2D eigenvalue weighted by atomic mass is 31.2. The molecule has 5 unspecified atom stereocenters. The summed E-state index contributed by atoms with van der Waals surface area (Å²) in [5.41, 5.74) is 0. The first-order valence-corrected chi connectivity index (χ1v) is 39.8. The molecule has 90 heavy (non-hydrogen) atoms. The van der Waals surface area contributed by atoms with Gasteiger partial charge in [-0.15, -0.1) is 0 Å². The van der Waals surface area contributed by atoms with E-state index in [0.29, 0.717) is 25.7 Å². The first-order chi connectivity index (χ1) is 43.2. The SMILES string of the molecule is CCC(C)CCCCCCCCCCCCC(=O)OC[C@H](COP(=O)(O)OCC(O)COP(=O)(O)OC[C@@H](COC(=O)CCCCCCCCCCC(C)C)OC(=O)CCCCCCCCC(C)CC)OC(=O)CCCCCCCCCCCCCCC(C)C. The van der Waals surface area contributed by atoms with Crippen molar-refractivity contribution in [3.8, 4) is 0 Å². The van der Waals surface area contributed by atoms with Crippen molar-refractivity contribution in [2.45, 2.75) is 369 Å². The quantitative estimate of drug-likeness (QED) is 0.0222. The van der Waals surface area contributed by atoms with Crippen LogP contribution in [0.4, 0.5) is 0 Å². The van der Waals surface area contributed by atoms with Gasteiger partial charge in [0.25, 0.3) is 0 Å². The van der Waals surface area contributed by atoms with Crippen molar-refractivity contribution in [2.75, 3.05) is 39.6 Å². The molecule has 0 spiro atoms. The number of unbranched alkanes of at least 4 members (excludes halogenated alkanes) is 32. The van der Waals surface area contributed by atoms with Crippen molar-refractivity contribution in [3.05, 3.63) is 0 Å². The second kappa shape index (κ2) is 60.7. The maximum absolute atomic E-state index is 13.0. The summed E-state index contributed by atoms with van der Waals surface area (Å²) in [4.78, 5) is 72.6. The molecule has 0 rings (SSSR count). The number of aliphatic hydroxyl groups is 1. The van der Waals surface area contributed by atoms with Gasteiger partial charge in [0.2, 0.25) is 0 Å². The first kappa shape index (κ1) is 88.1. The molecule has 0 aromatic rings. The summed E-state index contributed by atoms with van der Waals surface area (Å²) in [6.07, 6.45) is 43.0. The van der Waals surface area contributed by atoms with E-state index in [2.05, 4.69) is 55.4 Å². The van der Waals surface area contributed by atoms with Crippen LogP contribution in [0.3, 0.4) is 0 Å². The molecule has 7 atom stereocenters. The molecule has 0 heterocycles. The number of rotatable bonds is 68. The summed E-state index contributed by atoms with van der Waals surface area (Å²) in [6, 6.07) is 0. The third-order valence-electron chi connectivity index (χ3n) is 17.0. The molecule has 0 saturated heterocycles. The molecule has 0 fully saturated rings. The predicted molar refractivity (Wildman–Crippen MR) is 363 cm³/mol. The number of phosphoric ester groups is 2. The minimum absolute atomic E-state index is 0.102. The number of carbonyl (C=O) groups excluding carboxylic acids is 4. The van der Waals surface area contributed by atoms with E-state index in [1.54, 1.807) is 0 Å². The van der Waals surface area contributed by atoms with Crippen LogP contribution < -0.4 is 0 Å². The number of hydrogen-bond donors (Lipinski definition) is 3. The Bertz CT molecular complexity index is 1790. The fourth-order valence-corrected chi connectivity index (χ4v) is 12.2. The van der Waals surface area contributed by atoms with E-state index in [9.17, 15) is 43.2 Å². The van der Waals surface area contributed by atoms with E-state index < -0.39 is 97.5 Å². The average molecular weight is 1330 g/mol. The molecule has 17 nitrogen and oxygen atoms in total. The number of hydrogen-bond acceptors (Lipinski definition) is 15. The van der Waals surface area contributed by atoms with Crippen LogP contribution in [0.1, 0.15) is 351 Å². The molecule has 0 radical (unpaired) electrons. The van der Waals surface area contributed by atoms with Crippen molar-refractivity contribution >= 4 is 39.5 Å². The zero-order valence-corrected chi connectivity index (χ0v) is 60.6. The van der Waals surface area contributed by atoms with Gasteiger partial charge in [-0.2, -0.15) is 0 Å². The second-order valence-corrected chi connectivity index (χ2v) is 30.0. The fraction of sp³-hybridized carbons (Fsp3) is 0.944. The van der Waals surface area contributed by atoms with Crippen LogP contribution in [-0.2, 0) is 65.4 Å². The van der Waals surface area contributed by atoms with Crippen molar-refractivity contribution < 1.29 is 80.2 Å². The number of aliphatic hydroxyl groups excluding tert-OH is 1. The Hall–Kier alpha value is -1.94. The monoisotopic (exact) mass is 1320 g/mol. The van der Waals surface area contributed by atoms with Crippen LogP contribution in [0.25, 0.3) is 0 Å². The van der Waals surface area contributed by atoms with Crippen LogP contribution in [0, 0.1) is 23.7 Å². The maximum atomic E-state index is 13.0. The van der Waals surface area contributed by atoms with E-state index in [0.717, 1.165) is 114 Å². The molecule has 0 aliphatic heterocycles. The molecule has 3 N–H and O–H groups in total. The van der Waals surface area contributed by atoms with Gasteiger partial charge in [0.05, 0.1) is 26.4 Å². The van der Waals surface area contributed by atoms with E-state index >= 15 is 0 Å². The molecular formula is C71H138O17P2. The maximum Gasteiger partial charge on any atom is 0.472 e. The zero-order chi connectivity index (χ0) is 66.8. The van der Waals surface area contributed by atoms with Crippen LogP contribution in [0.5, 0.6) is 0 Å². The molecule has 19 heteroatoms. The molecule has 0 aliphatic rings. The lowest BCUT2D eigenvalue weighted by Gasteiger charge is -2.21. The van der Waals surface area contributed by atoms with Crippen LogP contribution >= 0.6 is 15.6 Å². The van der Waals surface area contributed by atoms with E-state index in [1.807, 2.05) is 0 Å².